The summed E-state index contributed by atoms with van der Waals surface area (Å²) in [5.74, 6) is 0.795. The first-order chi connectivity index (χ1) is 7.77. The third kappa shape index (κ3) is 1.28. The minimum atomic E-state index is 0.0931. The van der Waals surface area contributed by atoms with Crippen molar-refractivity contribution in [1.29, 1.82) is 0 Å². The van der Waals surface area contributed by atoms with E-state index in [0.717, 1.165) is 16.0 Å². The van der Waals surface area contributed by atoms with E-state index in [0.29, 0.717) is 17.9 Å². The fourth-order valence-electron chi connectivity index (χ4n) is 1.97. The molecular formula is C13H10O2S. The van der Waals surface area contributed by atoms with Crippen molar-refractivity contribution in [2.45, 2.75) is 13.5 Å². The molecule has 3 rings (SSSR count). The number of hydrogen-bond donors (Lipinski definition) is 0. The molecule has 0 unspecified atom stereocenters. The first kappa shape index (κ1) is 9.60. The van der Waals surface area contributed by atoms with Gasteiger partial charge >= 0.3 is 0 Å². The van der Waals surface area contributed by atoms with Crippen LogP contribution in [0.1, 0.15) is 26.4 Å². The molecule has 0 fully saturated rings. The summed E-state index contributed by atoms with van der Waals surface area (Å²) in [5, 5.41) is 1.94. The van der Waals surface area contributed by atoms with Crippen LogP contribution in [0, 0.1) is 6.92 Å². The van der Waals surface area contributed by atoms with Gasteiger partial charge in [-0.1, -0.05) is 12.1 Å². The molecule has 16 heavy (non-hydrogen) atoms. The molecular weight excluding hydrogens is 220 g/mol. The number of fused-ring (bicyclic) bond motifs is 2. The van der Waals surface area contributed by atoms with Gasteiger partial charge in [0.25, 0.3) is 0 Å². The summed E-state index contributed by atoms with van der Waals surface area (Å²) < 4.78 is 5.67. The summed E-state index contributed by atoms with van der Waals surface area (Å²) >= 11 is 1.49. The van der Waals surface area contributed by atoms with Gasteiger partial charge in [-0.05, 0) is 30.0 Å². The van der Waals surface area contributed by atoms with Crippen molar-refractivity contribution in [3.05, 3.63) is 51.2 Å². The number of aryl methyl sites for hydroxylation is 1. The Bertz CT molecular complexity index is 569. The van der Waals surface area contributed by atoms with Crippen molar-refractivity contribution in [2.75, 3.05) is 0 Å². The van der Waals surface area contributed by atoms with Gasteiger partial charge in [0.2, 0.25) is 5.78 Å². The van der Waals surface area contributed by atoms with Crippen LogP contribution in [-0.2, 0) is 6.61 Å². The number of ketones is 1. The highest BCUT2D eigenvalue weighted by atomic mass is 32.1. The van der Waals surface area contributed by atoms with Crippen molar-refractivity contribution in [3.63, 3.8) is 0 Å². The molecule has 0 N–H and O–H groups in total. The number of hydrogen-bond acceptors (Lipinski definition) is 3. The van der Waals surface area contributed by atoms with E-state index in [2.05, 4.69) is 0 Å². The second kappa shape index (κ2) is 3.46. The molecule has 2 nitrogen and oxygen atoms in total. The van der Waals surface area contributed by atoms with Crippen LogP contribution in [0.25, 0.3) is 0 Å². The average molecular weight is 230 g/mol. The Balaban J connectivity index is 2.26. The number of benzene rings is 1. The van der Waals surface area contributed by atoms with Crippen LogP contribution in [-0.4, -0.2) is 5.78 Å². The van der Waals surface area contributed by atoms with Crippen LogP contribution in [0.15, 0.2) is 29.6 Å². The quantitative estimate of drug-likeness (QED) is 0.694. The fourth-order valence-corrected chi connectivity index (χ4v) is 2.83. The molecule has 1 aromatic carbocycles. The second-order valence-electron chi connectivity index (χ2n) is 3.84. The Labute approximate surface area is 97.5 Å². The molecule has 2 aromatic rings. The molecule has 1 aliphatic rings. The second-order valence-corrected chi connectivity index (χ2v) is 4.76. The minimum absolute atomic E-state index is 0.0931. The molecule has 0 spiro atoms. The predicted molar refractivity (Wildman–Crippen MR) is 63.3 cm³/mol. The number of rotatable bonds is 0. The zero-order valence-electron chi connectivity index (χ0n) is 8.82. The Kier molecular flexibility index (Phi) is 2.07. The lowest BCUT2D eigenvalue weighted by Gasteiger charge is -2.07. The van der Waals surface area contributed by atoms with Crippen molar-refractivity contribution in [2.24, 2.45) is 0 Å². The van der Waals surface area contributed by atoms with Gasteiger partial charge in [-0.3, -0.25) is 4.79 Å². The largest absolute Gasteiger partial charge is 0.488 e. The molecule has 1 aliphatic heterocycles. The van der Waals surface area contributed by atoms with Crippen molar-refractivity contribution in [3.8, 4) is 5.75 Å². The van der Waals surface area contributed by atoms with E-state index < -0.39 is 0 Å². The van der Waals surface area contributed by atoms with Crippen LogP contribution >= 0.6 is 11.3 Å². The van der Waals surface area contributed by atoms with Crippen molar-refractivity contribution < 1.29 is 9.53 Å². The molecule has 0 atom stereocenters. The SMILES string of the molecule is Cc1cccc2c1C(=O)c1sccc1CO2. The number of carbonyl (C=O) groups is 1. The van der Waals surface area contributed by atoms with Gasteiger partial charge in [-0.25, -0.2) is 0 Å². The summed E-state index contributed by atoms with van der Waals surface area (Å²) in [6.07, 6.45) is 0. The number of thiophene rings is 1. The molecule has 1 aromatic heterocycles. The molecule has 2 heterocycles. The number of carbonyl (C=O) groups excluding carboxylic acids is 1. The maximum Gasteiger partial charge on any atom is 0.207 e. The zero-order valence-corrected chi connectivity index (χ0v) is 9.64. The zero-order chi connectivity index (χ0) is 11.1. The first-order valence-electron chi connectivity index (χ1n) is 5.11. The van der Waals surface area contributed by atoms with Gasteiger partial charge in [0.15, 0.2) is 0 Å². The third-order valence-corrected chi connectivity index (χ3v) is 3.75. The Hall–Kier alpha value is -1.61. The van der Waals surface area contributed by atoms with E-state index in [1.807, 2.05) is 36.6 Å². The van der Waals surface area contributed by atoms with Gasteiger partial charge in [-0.2, -0.15) is 0 Å². The Morgan fingerprint density at radius 2 is 2.19 bits per heavy atom. The Morgan fingerprint density at radius 3 is 3.06 bits per heavy atom. The van der Waals surface area contributed by atoms with E-state index in [1.54, 1.807) is 0 Å². The third-order valence-electron chi connectivity index (χ3n) is 2.80. The maximum absolute atomic E-state index is 12.3. The monoisotopic (exact) mass is 230 g/mol. The van der Waals surface area contributed by atoms with Crippen LogP contribution in [0.4, 0.5) is 0 Å². The van der Waals surface area contributed by atoms with Crippen LogP contribution in [0.5, 0.6) is 5.75 Å². The molecule has 0 saturated heterocycles. The van der Waals surface area contributed by atoms with Crippen LogP contribution < -0.4 is 4.74 Å². The molecule has 0 amide bonds. The standard InChI is InChI=1S/C13H10O2S/c1-8-3-2-4-10-11(8)12(14)13-9(7-15-10)5-6-16-13/h2-6H,7H2,1H3. The predicted octanol–water partition coefficient (Wildman–Crippen LogP) is 3.18. The lowest BCUT2D eigenvalue weighted by Crippen LogP contribution is -2.02. The normalized spacial score (nSPS) is 13.7. The summed E-state index contributed by atoms with van der Waals surface area (Å²) in [4.78, 5) is 13.2. The molecule has 0 aliphatic carbocycles. The average Bonchev–Trinajstić information content (AvgIpc) is 2.69. The van der Waals surface area contributed by atoms with E-state index in [9.17, 15) is 4.79 Å². The van der Waals surface area contributed by atoms with Crippen molar-refractivity contribution >= 4 is 17.1 Å². The minimum Gasteiger partial charge on any atom is -0.488 e. The fraction of sp³-hybridized carbons (Fsp3) is 0.154. The smallest absolute Gasteiger partial charge is 0.207 e. The lowest BCUT2D eigenvalue weighted by atomic mass is 10.0. The topological polar surface area (TPSA) is 26.3 Å². The molecule has 3 heteroatoms. The summed E-state index contributed by atoms with van der Waals surface area (Å²) in [7, 11) is 0. The summed E-state index contributed by atoms with van der Waals surface area (Å²) in [5.41, 5.74) is 2.68. The van der Waals surface area contributed by atoms with Gasteiger partial charge < -0.3 is 4.74 Å². The van der Waals surface area contributed by atoms with Gasteiger partial charge in [0.05, 0.1) is 10.4 Å². The van der Waals surface area contributed by atoms with Gasteiger partial charge in [-0.15, -0.1) is 11.3 Å². The first-order valence-corrected chi connectivity index (χ1v) is 5.99. The highest BCUT2D eigenvalue weighted by Gasteiger charge is 2.24. The summed E-state index contributed by atoms with van der Waals surface area (Å²) in [6, 6.07) is 7.68. The Morgan fingerprint density at radius 1 is 1.31 bits per heavy atom. The summed E-state index contributed by atoms with van der Waals surface area (Å²) in [6.45, 7) is 2.43. The lowest BCUT2D eigenvalue weighted by molar-refractivity contribution is 0.104. The highest BCUT2D eigenvalue weighted by Crippen LogP contribution is 2.32. The van der Waals surface area contributed by atoms with Gasteiger partial charge in [0, 0.05) is 5.56 Å². The molecule has 0 radical (unpaired) electrons. The van der Waals surface area contributed by atoms with Gasteiger partial charge in [0.1, 0.15) is 12.4 Å². The molecule has 0 saturated carbocycles. The van der Waals surface area contributed by atoms with E-state index in [1.165, 1.54) is 11.3 Å². The number of ether oxygens (including phenoxy) is 1. The molecule has 0 bridgehead atoms. The highest BCUT2D eigenvalue weighted by molar-refractivity contribution is 7.12. The van der Waals surface area contributed by atoms with E-state index >= 15 is 0 Å². The van der Waals surface area contributed by atoms with E-state index in [4.69, 9.17) is 4.74 Å². The van der Waals surface area contributed by atoms with Crippen LogP contribution in [0.2, 0.25) is 0 Å². The molecule has 80 valence electrons. The maximum atomic E-state index is 12.3. The van der Waals surface area contributed by atoms with Crippen LogP contribution in [0.3, 0.4) is 0 Å². The van der Waals surface area contributed by atoms with E-state index in [-0.39, 0.29) is 5.78 Å². The van der Waals surface area contributed by atoms with Crippen molar-refractivity contribution in [1.82, 2.24) is 0 Å².